The number of carbonyl (C=O) groups is 2. The summed E-state index contributed by atoms with van der Waals surface area (Å²) < 4.78 is 6.05. The van der Waals surface area contributed by atoms with Gasteiger partial charge in [-0.25, -0.2) is 0 Å². The standard InChI is InChI=1S/C27H28N2O3S/c1-3-14-28(27(31)21-9-7-8-20(2)17-21)18-26(30)29-15-12-25-23(13-16-33-25)24(29)19-32-22-10-5-4-6-11-22/h3-11,13,16-17,24H,1,12,14-15,18-19H2,2H3. The first-order valence-corrected chi connectivity index (χ1v) is 11.9. The van der Waals surface area contributed by atoms with E-state index in [9.17, 15) is 9.59 Å². The molecule has 2 aromatic carbocycles. The first kappa shape index (κ1) is 22.8. The highest BCUT2D eigenvalue weighted by molar-refractivity contribution is 7.10. The third-order valence-corrected chi connectivity index (χ3v) is 6.79. The van der Waals surface area contributed by atoms with Crippen LogP contribution in [0.3, 0.4) is 0 Å². The van der Waals surface area contributed by atoms with Crippen molar-refractivity contribution in [2.45, 2.75) is 19.4 Å². The number of hydrogen-bond acceptors (Lipinski definition) is 4. The van der Waals surface area contributed by atoms with Gasteiger partial charge < -0.3 is 14.5 Å². The molecule has 1 aliphatic heterocycles. The fourth-order valence-electron chi connectivity index (χ4n) is 4.16. The third kappa shape index (κ3) is 5.34. The molecule has 1 unspecified atom stereocenters. The first-order chi connectivity index (χ1) is 16.1. The van der Waals surface area contributed by atoms with Crippen LogP contribution in [0.5, 0.6) is 5.75 Å². The van der Waals surface area contributed by atoms with Gasteiger partial charge in [0.25, 0.3) is 5.91 Å². The van der Waals surface area contributed by atoms with Gasteiger partial charge >= 0.3 is 0 Å². The summed E-state index contributed by atoms with van der Waals surface area (Å²) in [6.07, 6.45) is 2.47. The van der Waals surface area contributed by atoms with Crippen LogP contribution >= 0.6 is 11.3 Å². The molecule has 2 heterocycles. The van der Waals surface area contributed by atoms with Crippen molar-refractivity contribution in [2.75, 3.05) is 26.2 Å². The predicted molar refractivity (Wildman–Crippen MR) is 132 cm³/mol. The van der Waals surface area contributed by atoms with Gasteiger partial charge in [-0.2, -0.15) is 0 Å². The Morgan fingerprint density at radius 3 is 2.76 bits per heavy atom. The molecule has 1 aliphatic rings. The maximum Gasteiger partial charge on any atom is 0.254 e. The van der Waals surface area contributed by atoms with Gasteiger partial charge in [-0.1, -0.05) is 42.0 Å². The van der Waals surface area contributed by atoms with E-state index in [0.717, 1.165) is 23.3 Å². The molecule has 1 aromatic heterocycles. The number of thiophene rings is 1. The Labute approximate surface area is 198 Å². The van der Waals surface area contributed by atoms with Gasteiger partial charge in [-0.3, -0.25) is 9.59 Å². The number of nitrogens with zero attached hydrogens (tertiary/aromatic N) is 2. The van der Waals surface area contributed by atoms with E-state index >= 15 is 0 Å². The van der Waals surface area contributed by atoms with Gasteiger partial charge in [-0.15, -0.1) is 17.9 Å². The summed E-state index contributed by atoms with van der Waals surface area (Å²) in [5, 5.41) is 2.07. The molecule has 6 heteroatoms. The monoisotopic (exact) mass is 460 g/mol. The van der Waals surface area contributed by atoms with Crippen LogP contribution in [0.1, 0.15) is 32.4 Å². The van der Waals surface area contributed by atoms with Gasteiger partial charge in [-0.05, 0) is 54.6 Å². The number of ether oxygens (including phenoxy) is 1. The van der Waals surface area contributed by atoms with Crippen molar-refractivity contribution in [1.29, 1.82) is 0 Å². The highest BCUT2D eigenvalue weighted by Crippen LogP contribution is 2.34. The summed E-state index contributed by atoms with van der Waals surface area (Å²) in [5.41, 5.74) is 2.72. The van der Waals surface area contributed by atoms with E-state index in [4.69, 9.17) is 4.74 Å². The van der Waals surface area contributed by atoms with Crippen molar-refractivity contribution in [3.8, 4) is 5.75 Å². The van der Waals surface area contributed by atoms with Crippen molar-refractivity contribution in [1.82, 2.24) is 9.80 Å². The first-order valence-electron chi connectivity index (χ1n) is 11.1. The molecular formula is C27H28N2O3S. The zero-order valence-corrected chi connectivity index (χ0v) is 19.6. The summed E-state index contributed by atoms with van der Waals surface area (Å²) in [4.78, 5) is 31.3. The van der Waals surface area contributed by atoms with Crippen LogP contribution in [0.25, 0.3) is 0 Å². The molecule has 0 N–H and O–H groups in total. The lowest BCUT2D eigenvalue weighted by molar-refractivity contribution is -0.135. The van der Waals surface area contributed by atoms with E-state index in [1.54, 1.807) is 28.4 Å². The lowest BCUT2D eigenvalue weighted by Crippen LogP contribution is -2.47. The van der Waals surface area contributed by atoms with Gasteiger partial charge in [0.05, 0.1) is 6.04 Å². The molecule has 4 rings (SSSR count). The summed E-state index contributed by atoms with van der Waals surface area (Å²) in [6, 6.07) is 19.0. The zero-order chi connectivity index (χ0) is 23.2. The maximum absolute atomic E-state index is 13.5. The van der Waals surface area contributed by atoms with Crippen LogP contribution in [-0.4, -0.2) is 47.9 Å². The van der Waals surface area contributed by atoms with E-state index in [-0.39, 0.29) is 24.4 Å². The lowest BCUT2D eigenvalue weighted by Gasteiger charge is -2.37. The average molecular weight is 461 g/mol. The summed E-state index contributed by atoms with van der Waals surface area (Å²) in [5.74, 6) is 0.517. The molecule has 3 aromatic rings. The summed E-state index contributed by atoms with van der Waals surface area (Å²) in [6.45, 7) is 7.01. The Morgan fingerprint density at radius 2 is 2.00 bits per heavy atom. The second-order valence-corrected chi connectivity index (χ2v) is 9.12. The molecular weight excluding hydrogens is 432 g/mol. The average Bonchev–Trinajstić information content (AvgIpc) is 3.31. The summed E-state index contributed by atoms with van der Waals surface area (Å²) >= 11 is 1.72. The molecule has 0 saturated carbocycles. The van der Waals surface area contributed by atoms with Crippen LogP contribution in [0.15, 0.2) is 78.7 Å². The van der Waals surface area contributed by atoms with Crippen molar-refractivity contribution in [3.63, 3.8) is 0 Å². The van der Waals surface area contributed by atoms with E-state index in [1.165, 1.54) is 4.88 Å². The van der Waals surface area contributed by atoms with Gasteiger partial charge in [0.15, 0.2) is 0 Å². The molecule has 0 radical (unpaired) electrons. The Bertz CT molecular complexity index is 1130. The summed E-state index contributed by atoms with van der Waals surface area (Å²) in [7, 11) is 0. The van der Waals surface area contributed by atoms with Gasteiger partial charge in [0, 0.05) is 23.5 Å². The Kier molecular flexibility index (Phi) is 7.25. The fraction of sp³-hybridized carbons (Fsp3) is 0.259. The van der Waals surface area contributed by atoms with Crippen LogP contribution in [0, 0.1) is 6.92 Å². The fourth-order valence-corrected chi connectivity index (χ4v) is 5.08. The number of benzene rings is 2. The predicted octanol–water partition coefficient (Wildman–Crippen LogP) is 4.89. The molecule has 5 nitrogen and oxygen atoms in total. The van der Waals surface area contributed by atoms with Gasteiger partial charge in [0.1, 0.15) is 18.9 Å². The quantitative estimate of drug-likeness (QED) is 0.450. The number of fused-ring (bicyclic) bond motifs is 1. The smallest absolute Gasteiger partial charge is 0.254 e. The second kappa shape index (κ2) is 10.5. The molecule has 2 amide bonds. The van der Waals surface area contributed by atoms with E-state index in [0.29, 0.717) is 25.3 Å². The minimum atomic E-state index is -0.188. The second-order valence-electron chi connectivity index (χ2n) is 8.12. The number of hydrogen-bond donors (Lipinski definition) is 0. The Balaban J connectivity index is 1.52. The third-order valence-electron chi connectivity index (χ3n) is 5.79. The van der Waals surface area contributed by atoms with E-state index in [1.807, 2.05) is 60.4 Å². The molecule has 0 aliphatic carbocycles. The van der Waals surface area contributed by atoms with Crippen molar-refractivity contribution in [2.24, 2.45) is 0 Å². The van der Waals surface area contributed by atoms with E-state index in [2.05, 4.69) is 18.0 Å². The highest BCUT2D eigenvalue weighted by atomic mass is 32.1. The molecule has 0 fully saturated rings. The number of amides is 2. The minimum absolute atomic E-state index is 0.000102. The normalized spacial score (nSPS) is 14.9. The van der Waals surface area contributed by atoms with Crippen molar-refractivity contribution in [3.05, 3.63) is 100 Å². The molecule has 170 valence electrons. The molecule has 0 spiro atoms. The van der Waals surface area contributed by atoms with E-state index < -0.39 is 0 Å². The highest BCUT2D eigenvalue weighted by Gasteiger charge is 2.33. The number of carbonyl (C=O) groups excluding carboxylic acids is 2. The Morgan fingerprint density at radius 1 is 1.18 bits per heavy atom. The molecule has 1 atom stereocenters. The van der Waals surface area contributed by atoms with Crippen molar-refractivity contribution < 1.29 is 14.3 Å². The molecule has 33 heavy (non-hydrogen) atoms. The number of rotatable bonds is 8. The van der Waals surface area contributed by atoms with Crippen LogP contribution in [-0.2, 0) is 11.2 Å². The topological polar surface area (TPSA) is 49.9 Å². The Hall–Kier alpha value is -3.38. The van der Waals surface area contributed by atoms with Crippen LogP contribution in [0.2, 0.25) is 0 Å². The number of para-hydroxylation sites is 1. The SMILES string of the molecule is C=CCN(CC(=O)N1CCc2sccc2C1COc1ccccc1)C(=O)c1cccc(C)c1. The van der Waals surface area contributed by atoms with Crippen molar-refractivity contribution >= 4 is 23.2 Å². The lowest BCUT2D eigenvalue weighted by atomic mass is 10.0. The molecule has 0 saturated heterocycles. The molecule has 0 bridgehead atoms. The van der Waals surface area contributed by atoms with Gasteiger partial charge in [0.2, 0.25) is 5.91 Å². The largest absolute Gasteiger partial charge is 0.491 e. The zero-order valence-electron chi connectivity index (χ0n) is 18.8. The van der Waals surface area contributed by atoms with Crippen LogP contribution < -0.4 is 4.74 Å². The maximum atomic E-state index is 13.5. The number of aryl methyl sites for hydroxylation is 1. The minimum Gasteiger partial charge on any atom is -0.491 e. The van der Waals surface area contributed by atoms with Crippen LogP contribution in [0.4, 0.5) is 0 Å².